The fraction of sp³-hybridized carbons (Fsp3) is 0.0370. The van der Waals surface area contributed by atoms with Crippen molar-refractivity contribution >= 4 is 28.9 Å². The first-order valence-electron chi connectivity index (χ1n) is 10.4. The molecule has 0 aliphatic rings. The van der Waals surface area contributed by atoms with Gasteiger partial charge in [-0.15, -0.1) is 0 Å². The molecule has 0 heterocycles. The van der Waals surface area contributed by atoms with Crippen molar-refractivity contribution in [1.82, 2.24) is 0 Å². The molecule has 4 aromatic rings. The van der Waals surface area contributed by atoms with Crippen molar-refractivity contribution in [2.24, 2.45) is 0 Å². The van der Waals surface area contributed by atoms with Gasteiger partial charge >= 0.3 is 5.97 Å². The van der Waals surface area contributed by atoms with Gasteiger partial charge in [-0.1, -0.05) is 60.7 Å². The van der Waals surface area contributed by atoms with Crippen LogP contribution in [0.4, 0.5) is 17.1 Å². The standard InChI is InChI=1S/C27H22N2O4/c30-26(29-24-14-8-7-13-23(24)27(31)32)22-16-15-21(33-18-19-9-3-1-4-10-19)17-25(22)28-20-11-5-2-6-12-20/h1-17,28H,18H2,(H,29,30)(H,31,32). The van der Waals surface area contributed by atoms with Crippen molar-refractivity contribution in [3.05, 3.63) is 120 Å². The minimum atomic E-state index is -1.11. The van der Waals surface area contributed by atoms with Crippen LogP contribution in [0.25, 0.3) is 0 Å². The van der Waals surface area contributed by atoms with Gasteiger partial charge in [0, 0.05) is 11.8 Å². The molecule has 4 aromatic carbocycles. The molecular weight excluding hydrogens is 416 g/mol. The number of hydrogen-bond donors (Lipinski definition) is 3. The van der Waals surface area contributed by atoms with E-state index in [0.717, 1.165) is 11.3 Å². The summed E-state index contributed by atoms with van der Waals surface area (Å²) in [6.07, 6.45) is 0. The largest absolute Gasteiger partial charge is 0.489 e. The Balaban J connectivity index is 1.61. The van der Waals surface area contributed by atoms with Crippen LogP contribution in [0.5, 0.6) is 5.75 Å². The molecule has 0 aliphatic carbocycles. The summed E-state index contributed by atoms with van der Waals surface area (Å²) in [4.78, 5) is 24.6. The Kier molecular flexibility index (Phi) is 6.66. The average Bonchev–Trinajstić information content (AvgIpc) is 2.84. The van der Waals surface area contributed by atoms with Gasteiger partial charge in [0.05, 0.1) is 22.5 Å². The summed E-state index contributed by atoms with van der Waals surface area (Å²) in [5, 5.41) is 15.4. The zero-order chi connectivity index (χ0) is 23.0. The second-order valence-electron chi connectivity index (χ2n) is 7.28. The first-order valence-corrected chi connectivity index (χ1v) is 10.4. The summed E-state index contributed by atoms with van der Waals surface area (Å²) in [7, 11) is 0. The van der Waals surface area contributed by atoms with E-state index >= 15 is 0 Å². The second kappa shape index (κ2) is 10.2. The highest BCUT2D eigenvalue weighted by atomic mass is 16.5. The molecule has 0 atom stereocenters. The quantitative estimate of drug-likeness (QED) is 0.316. The smallest absolute Gasteiger partial charge is 0.337 e. The third-order valence-electron chi connectivity index (χ3n) is 4.94. The number of benzene rings is 4. The Labute approximate surface area is 191 Å². The van der Waals surface area contributed by atoms with Crippen molar-refractivity contribution in [2.45, 2.75) is 6.61 Å². The Bertz CT molecular complexity index is 1260. The number of carboxylic acids is 1. The van der Waals surface area contributed by atoms with Crippen LogP contribution in [-0.2, 0) is 6.61 Å². The van der Waals surface area contributed by atoms with E-state index in [9.17, 15) is 14.7 Å². The number of hydrogen-bond acceptors (Lipinski definition) is 4. The minimum absolute atomic E-state index is 0.0197. The lowest BCUT2D eigenvalue weighted by atomic mass is 10.1. The minimum Gasteiger partial charge on any atom is -0.489 e. The second-order valence-corrected chi connectivity index (χ2v) is 7.28. The van der Waals surface area contributed by atoms with Crippen molar-refractivity contribution in [3.63, 3.8) is 0 Å². The lowest BCUT2D eigenvalue weighted by molar-refractivity contribution is 0.0698. The summed E-state index contributed by atoms with van der Waals surface area (Å²) in [5.74, 6) is -0.949. The van der Waals surface area contributed by atoms with Gasteiger partial charge in [-0.3, -0.25) is 4.79 Å². The fourth-order valence-electron chi connectivity index (χ4n) is 3.30. The topological polar surface area (TPSA) is 87.7 Å². The number of anilines is 3. The number of para-hydroxylation sites is 2. The summed E-state index contributed by atoms with van der Waals surface area (Å²) < 4.78 is 5.92. The molecule has 6 nitrogen and oxygen atoms in total. The molecule has 0 radical (unpaired) electrons. The first-order chi connectivity index (χ1) is 16.1. The summed E-state index contributed by atoms with van der Waals surface area (Å²) in [6.45, 7) is 0.392. The zero-order valence-corrected chi connectivity index (χ0v) is 17.7. The Hall–Kier alpha value is -4.58. The van der Waals surface area contributed by atoms with E-state index in [1.54, 1.807) is 36.4 Å². The molecule has 6 heteroatoms. The zero-order valence-electron chi connectivity index (χ0n) is 17.7. The number of carboxylic acid groups (broad SMARTS) is 1. The van der Waals surface area contributed by atoms with Crippen LogP contribution in [-0.4, -0.2) is 17.0 Å². The number of carbonyl (C=O) groups is 2. The number of amides is 1. The number of nitrogens with one attached hydrogen (secondary N) is 2. The number of aromatic carboxylic acids is 1. The molecule has 0 aromatic heterocycles. The van der Waals surface area contributed by atoms with Crippen LogP contribution in [0.15, 0.2) is 103 Å². The molecular formula is C27H22N2O4. The fourth-order valence-corrected chi connectivity index (χ4v) is 3.30. The van der Waals surface area contributed by atoms with Crippen LogP contribution >= 0.6 is 0 Å². The van der Waals surface area contributed by atoms with Crippen LogP contribution in [0.2, 0.25) is 0 Å². The van der Waals surface area contributed by atoms with Gasteiger partial charge in [-0.25, -0.2) is 4.79 Å². The molecule has 0 bridgehead atoms. The van der Waals surface area contributed by atoms with E-state index in [4.69, 9.17) is 4.74 Å². The third-order valence-corrected chi connectivity index (χ3v) is 4.94. The summed E-state index contributed by atoms with van der Waals surface area (Å²) >= 11 is 0. The van der Waals surface area contributed by atoms with Crippen LogP contribution in [0.3, 0.4) is 0 Å². The van der Waals surface area contributed by atoms with E-state index in [2.05, 4.69) is 10.6 Å². The maximum atomic E-state index is 13.1. The molecule has 0 aliphatic heterocycles. The normalized spacial score (nSPS) is 10.3. The SMILES string of the molecule is O=C(O)c1ccccc1NC(=O)c1ccc(OCc2ccccc2)cc1Nc1ccccc1. The molecule has 1 amide bonds. The maximum Gasteiger partial charge on any atom is 0.337 e. The molecule has 0 saturated carbocycles. The highest BCUT2D eigenvalue weighted by Crippen LogP contribution is 2.28. The number of rotatable bonds is 8. The lowest BCUT2D eigenvalue weighted by Crippen LogP contribution is -2.16. The van der Waals surface area contributed by atoms with Crippen LogP contribution < -0.4 is 15.4 Å². The van der Waals surface area contributed by atoms with Gasteiger partial charge in [-0.05, 0) is 42.0 Å². The number of carbonyl (C=O) groups excluding carboxylic acids is 1. The molecule has 0 unspecified atom stereocenters. The summed E-state index contributed by atoms with van der Waals surface area (Å²) in [5.41, 5.74) is 2.97. The van der Waals surface area contributed by atoms with E-state index in [1.807, 2.05) is 60.7 Å². The highest BCUT2D eigenvalue weighted by molar-refractivity contribution is 6.11. The number of ether oxygens (including phenoxy) is 1. The van der Waals surface area contributed by atoms with Gasteiger partial charge in [-0.2, -0.15) is 0 Å². The summed E-state index contributed by atoms with van der Waals surface area (Å²) in [6, 6.07) is 30.7. The Morgan fingerprint density at radius 1 is 0.727 bits per heavy atom. The predicted octanol–water partition coefficient (Wildman–Crippen LogP) is 5.96. The van der Waals surface area contributed by atoms with Crippen molar-refractivity contribution in [2.75, 3.05) is 10.6 Å². The van der Waals surface area contributed by atoms with Crippen LogP contribution in [0.1, 0.15) is 26.3 Å². The predicted molar refractivity (Wildman–Crippen MR) is 128 cm³/mol. The van der Waals surface area contributed by atoms with E-state index < -0.39 is 11.9 Å². The molecule has 3 N–H and O–H groups in total. The average molecular weight is 438 g/mol. The van der Waals surface area contributed by atoms with Crippen molar-refractivity contribution < 1.29 is 19.4 Å². The lowest BCUT2D eigenvalue weighted by Gasteiger charge is -2.15. The molecule has 0 saturated heterocycles. The van der Waals surface area contributed by atoms with Gasteiger partial charge in [0.2, 0.25) is 0 Å². The monoisotopic (exact) mass is 438 g/mol. The molecule has 0 spiro atoms. The molecule has 164 valence electrons. The molecule has 0 fully saturated rings. The van der Waals surface area contributed by atoms with Crippen molar-refractivity contribution in [3.8, 4) is 5.75 Å². The van der Waals surface area contributed by atoms with E-state index in [-0.39, 0.29) is 11.3 Å². The van der Waals surface area contributed by atoms with E-state index in [0.29, 0.717) is 23.6 Å². The van der Waals surface area contributed by atoms with Gasteiger partial charge in [0.1, 0.15) is 12.4 Å². The van der Waals surface area contributed by atoms with Crippen LogP contribution in [0, 0.1) is 0 Å². The van der Waals surface area contributed by atoms with Gasteiger partial charge in [0.25, 0.3) is 5.91 Å². The van der Waals surface area contributed by atoms with Gasteiger partial charge < -0.3 is 20.5 Å². The van der Waals surface area contributed by atoms with E-state index in [1.165, 1.54) is 6.07 Å². The maximum absolute atomic E-state index is 13.1. The Morgan fingerprint density at radius 2 is 1.39 bits per heavy atom. The van der Waals surface area contributed by atoms with Crippen molar-refractivity contribution in [1.29, 1.82) is 0 Å². The highest BCUT2D eigenvalue weighted by Gasteiger charge is 2.17. The van der Waals surface area contributed by atoms with Gasteiger partial charge in [0.15, 0.2) is 0 Å². The Morgan fingerprint density at radius 3 is 2.12 bits per heavy atom. The third kappa shape index (κ3) is 5.57. The first kappa shape index (κ1) is 21.6. The molecule has 4 rings (SSSR count). The molecule has 33 heavy (non-hydrogen) atoms.